The molecule has 2 N–H and O–H groups in total. The maximum Gasteiger partial charge on any atom is 0.204 e. The summed E-state index contributed by atoms with van der Waals surface area (Å²) in [5.74, 6) is 0. The zero-order valence-electron chi connectivity index (χ0n) is 7.14. The summed E-state index contributed by atoms with van der Waals surface area (Å²) >= 11 is 1.51. The van der Waals surface area contributed by atoms with Gasteiger partial charge in [-0.25, -0.2) is 10.5 Å². The van der Waals surface area contributed by atoms with Crippen LogP contribution in [0.1, 0.15) is 0 Å². The molecule has 0 saturated carbocycles. The molecule has 6 heteroatoms. The molecule has 0 atom stereocenters. The van der Waals surface area contributed by atoms with Gasteiger partial charge in [-0.1, -0.05) is 23.5 Å². The number of nitrogens with zero attached hydrogens (tertiary/aromatic N) is 3. The van der Waals surface area contributed by atoms with Gasteiger partial charge >= 0.3 is 0 Å². The molecule has 1 aromatic carbocycles. The van der Waals surface area contributed by atoms with Crippen molar-refractivity contribution >= 4 is 33.0 Å². The molecule has 0 radical (unpaired) electrons. The van der Waals surface area contributed by atoms with Gasteiger partial charge in [-0.15, -0.1) is 5.11 Å². The molecule has 0 spiro atoms. The zero-order chi connectivity index (χ0) is 9.80. The SMILES string of the molecule is N=N/C=N/Nc1nc2ccccc2s1. The molecule has 0 saturated heterocycles. The Hall–Kier alpha value is -1.82. The third kappa shape index (κ3) is 1.74. The van der Waals surface area contributed by atoms with Crippen molar-refractivity contribution in [2.24, 2.45) is 10.2 Å². The molecule has 0 aliphatic carbocycles. The normalized spacial score (nSPS) is 10.9. The lowest BCUT2D eigenvalue weighted by Gasteiger charge is -1.87. The number of thiazole rings is 1. The Morgan fingerprint density at radius 3 is 3.07 bits per heavy atom. The van der Waals surface area contributed by atoms with E-state index in [-0.39, 0.29) is 0 Å². The monoisotopic (exact) mass is 205 g/mol. The first-order valence-corrected chi connectivity index (χ1v) is 4.71. The van der Waals surface area contributed by atoms with Gasteiger partial charge in [0.25, 0.3) is 0 Å². The summed E-state index contributed by atoms with van der Waals surface area (Å²) in [4.78, 5) is 4.28. The number of anilines is 1. The maximum absolute atomic E-state index is 6.49. The van der Waals surface area contributed by atoms with Crippen LogP contribution in [0.3, 0.4) is 0 Å². The largest absolute Gasteiger partial charge is 0.251 e. The molecule has 2 rings (SSSR count). The van der Waals surface area contributed by atoms with Gasteiger partial charge in [-0.05, 0) is 12.1 Å². The molecule has 70 valence electrons. The van der Waals surface area contributed by atoms with Gasteiger partial charge < -0.3 is 0 Å². The van der Waals surface area contributed by atoms with Crippen molar-refractivity contribution in [3.8, 4) is 0 Å². The van der Waals surface area contributed by atoms with Crippen LogP contribution in [0.25, 0.3) is 10.2 Å². The number of para-hydroxylation sites is 1. The summed E-state index contributed by atoms with van der Waals surface area (Å²) in [6.07, 6.45) is 1.12. The van der Waals surface area contributed by atoms with Gasteiger partial charge in [0, 0.05) is 0 Å². The molecule has 0 unspecified atom stereocenters. The smallest absolute Gasteiger partial charge is 0.204 e. The highest BCUT2D eigenvalue weighted by atomic mass is 32.1. The Morgan fingerprint density at radius 1 is 1.43 bits per heavy atom. The number of aromatic nitrogens is 1. The van der Waals surface area contributed by atoms with Gasteiger partial charge in [0.2, 0.25) is 5.13 Å². The lowest BCUT2D eigenvalue weighted by atomic mass is 10.3. The van der Waals surface area contributed by atoms with Crippen LogP contribution < -0.4 is 5.43 Å². The van der Waals surface area contributed by atoms with Crippen LogP contribution in [0.5, 0.6) is 0 Å². The number of hydrazone groups is 1. The summed E-state index contributed by atoms with van der Waals surface area (Å²) < 4.78 is 1.10. The average Bonchev–Trinajstić information content (AvgIpc) is 2.60. The van der Waals surface area contributed by atoms with Crippen molar-refractivity contribution in [3.63, 3.8) is 0 Å². The molecule has 0 aliphatic heterocycles. The highest BCUT2D eigenvalue weighted by Crippen LogP contribution is 2.24. The third-order valence-electron chi connectivity index (χ3n) is 1.57. The highest BCUT2D eigenvalue weighted by molar-refractivity contribution is 7.22. The van der Waals surface area contributed by atoms with Gasteiger partial charge in [0.1, 0.15) is 0 Å². The van der Waals surface area contributed by atoms with E-state index in [9.17, 15) is 0 Å². The van der Waals surface area contributed by atoms with E-state index in [4.69, 9.17) is 5.53 Å². The van der Waals surface area contributed by atoms with E-state index < -0.39 is 0 Å². The fourth-order valence-corrected chi connectivity index (χ4v) is 1.85. The second kappa shape index (κ2) is 3.93. The average molecular weight is 205 g/mol. The standard InChI is InChI=1S/C8H7N5S/c9-10-5-11-13-8-12-6-3-1-2-4-7(6)14-8/h1-5,9H,(H,12,13)/b10-9?,11-5+. The fourth-order valence-electron chi connectivity index (χ4n) is 1.03. The van der Waals surface area contributed by atoms with Crippen LogP contribution in [0.15, 0.2) is 34.5 Å². The lowest BCUT2D eigenvalue weighted by Crippen LogP contribution is -1.85. The predicted octanol–water partition coefficient (Wildman–Crippen LogP) is 2.68. The fraction of sp³-hybridized carbons (Fsp3) is 0. The molecule has 14 heavy (non-hydrogen) atoms. The van der Waals surface area contributed by atoms with E-state index in [2.05, 4.69) is 20.6 Å². The van der Waals surface area contributed by atoms with E-state index in [0.29, 0.717) is 5.13 Å². The number of fused-ring (bicyclic) bond motifs is 1. The van der Waals surface area contributed by atoms with Gasteiger partial charge in [-0.3, -0.25) is 5.43 Å². The van der Waals surface area contributed by atoms with Crippen LogP contribution in [0.2, 0.25) is 0 Å². The molecular formula is C8H7N5S. The molecule has 1 heterocycles. The van der Waals surface area contributed by atoms with Crippen molar-refractivity contribution < 1.29 is 0 Å². The Kier molecular flexibility index (Phi) is 2.46. The Morgan fingerprint density at radius 2 is 2.29 bits per heavy atom. The summed E-state index contributed by atoms with van der Waals surface area (Å²) in [7, 11) is 0. The van der Waals surface area contributed by atoms with E-state index in [1.165, 1.54) is 11.3 Å². The first-order chi connectivity index (χ1) is 6.90. The summed E-state index contributed by atoms with van der Waals surface area (Å²) in [6.45, 7) is 0. The molecule has 0 bridgehead atoms. The minimum Gasteiger partial charge on any atom is -0.251 e. The Labute approximate surface area is 84.0 Å². The number of rotatable bonds is 3. The maximum atomic E-state index is 6.49. The van der Waals surface area contributed by atoms with E-state index >= 15 is 0 Å². The topological polar surface area (TPSA) is 73.5 Å². The van der Waals surface area contributed by atoms with Crippen LogP contribution >= 0.6 is 11.3 Å². The van der Waals surface area contributed by atoms with Crippen molar-refractivity contribution in [3.05, 3.63) is 24.3 Å². The number of nitrogens with one attached hydrogen (secondary N) is 2. The molecule has 0 amide bonds. The number of hydrogen-bond acceptors (Lipinski definition) is 5. The molecule has 0 fully saturated rings. The Bertz CT molecular complexity index is 442. The van der Waals surface area contributed by atoms with Crippen LogP contribution in [0, 0.1) is 5.53 Å². The zero-order valence-corrected chi connectivity index (χ0v) is 7.95. The minimum atomic E-state index is 0.700. The van der Waals surface area contributed by atoms with Crippen LogP contribution in [0.4, 0.5) is 5.13 Å². The van der Waals surface area contributed by atoms with Crippen molar-refractivity contribution in [2.75, 3.05) is 5.43 Å². The van der Waals surface area contributed by atoms with Gasteiger partial charge in [0.05, 0.1) is 10.2 Å². The summed E-state index contributed by atoms with van der Waals surface area (Å²) in [5.41, 5.74) is 10.1. The second-order valence-electron chi connectivity index (χ2n) is 2.47. The predicted molar refractivity (Wildman–Crippen MR) is 56.9 cm³/mol. The molecule has 0 aliphatic rings. The van der Waals surface area contributed by atoms with Gasteiger partial charge in [0.15, 0.2) is 6.34 Å². The minimum absolute atomic E-state index is 0.700. The molecule has 1 aromatic heterocycles. The van der Waals surface area contributed by atoms with Crippen molar-refractivity contribution in [1.82, 2.24) is 4.98 Å². The number of hydrogen-bond donors (Lipinski definition) is 2. The molecular weight excluding hydrogens is 198 g/mol. The van der Waals surface area contributed by atoms with Crippen molar-refractivity contribution in [1.29, 1.82) is 5.53 Å². The van der Waals surface area contributed by atoms with Crippen LogP contribution in [-0.2, 0) is 0 Å². The summed E-state index contributed by atoms with van der Waals surface area (Å²) in [5, 5.41) is 7.35. The lowest BCUT2D eigenvalue weighted by molar-refractivity contribution is 1.19. The van der Waals surface area contributed by atoms with Crippen LogP contribution in [-0.4, -0.2) is 11.3 Å². The third-order valence-corrected chi connectivity index (χ3v) is 2.51. The highest BCUT2D eigenvalue weighted by Gasteiger charge is 2.00. The summed E-state index contributed by atoms with van der Waals surface area (Å²) in [6, 6.07) is 7.84. The second-order valence-corrected chi connectivity index (χ2v) is 3.50. The van der Waals surface area contributed by atoms with Gasteiger partial charge in [-0.2, -0.15) is 5.10 Å². The quantitative estimate of drug-likeness (QED) is 0.350. The Balaban J connectivity index is 2.26. The number of benzene rings is 1. The van der Waals surface area contributed by atoms with E-state index in [1.54, 1.807) is 0 Å². The van der Waals surface area contributed by atoms with Crippen molar-refractivity contribution in [2.45, 2.75) is 0 Å². The van der Waals surface area contributed by atoms with E-state index in [1.807, 2.05) is 24.3 Å². The molecule has 2 aromatic rings. The first-order valence-electron chi connectivity index (χ1n) is 3.90. The molecule has 5 nitrogen and oxygen atoms in total. The van der Waals surface area contributed by atoms with E-state index in [0.717, 1.165) is 16.6 Å². The first kappa shape index (κ1) is 8.76.